The molecule has 0 bridgehead atoms. The molecule has 0 spiro atoms. The number of rotatable bonds is 7. The monoisotopic (exact) mass is 259 g/mol. The molecule has 0 heterocycles. The molecule has 102 valence electrons. The Morgan fingerprint density at radius 2 is 2.18 bits per heavy atom. The summed E-state index contributed by atoms with van der Waals surface area (Å²) in [6, 6.07) is 0. The number of nitrogens with one attached hydrogen (secondary N) is 1. The van der Waals surface area contributed by atoms with E-state index in [1.165, 1.54) is 37.9 Å². The van der Waals surface area contributed by atoms with Crippen molar-refractivity contribution in [3.05, 3.63) is 0 Å². The van der Waals surface area contributed by atoms with Crippen molar-refractivity contribution in [3.8, 4) is 0 Å². The van der Waals surface area contributed by atoms with Crippen molar-refractivity contribution in [1.29, 1.82) is 0 Å². The van der Waals surface area contributed by atoms with Crippen LogP contribution in [0.4, 0.5) is 0 Å². The van der Waals surface area contributed by atoms with E-state index in [1.54, 1.807) is 0 Å². The zero-order chi connectivity index (χ0) is 12.7. The summed E-state index contributed by atoms with van der Waals surface area (Å²) in [4.78, 5) is 0. The van der Waals surface area contributed by atoms with Gasteiger partial charge >= 0.3 is 0 Å². The second-order valence-corrected chi connectivity index (χ2v) is 7.25. The zero-order valence-electron chi connectivity index (χ0n) is 11.7. The Kier molecular flexibility index (Phi) is 6.90. The molecule has 0 aliphatic heterocycles. The van der Waals surface area contributed by atoms with Crippen LogP contribution in [0.3, 0.4) is 0 Å². The Balaban J connectivity index is 2.11. The lowest BCUT2D eigenvalue weighted by Gasteiger charge is -2.28. The largest absolute Gasteiger partial charge is 0.394 e. The van der Waals surface area contributed by atoms with Gasteiger partial charge in [0.2, 0.25) is 0 Å². The third kappa shape index (κ3) is 5.62. The molecule has 1 aliphatic carbocycles. The van der Waals surface area contributed by atoms with Crippen molar-refractivity contribution in [1.82, 2.24) is 5.32 Å². The molecular weight excluding hydrogens is 230 g/mol. The van der Waals surface area contributed by atoms with E-state index in [4.69, 9.17) is 0 Å². The fourth-order valence-corrected chi connectivity index (χ4v) is 3.97. The van der Waals surface area contributed by atoms with Crippen molar-refractivity contribution >= 4 is 11.8 Å². The molecule has 0 aromatic heterocycles. The molecule has 2 N–H and O–H groups in total. The molecular formula is C14H29NOS. The van der Waals surface area contributed by atoms with Crippen LogP contribution in [-0.2, 0) is 0 Å². The quantitative estimate of drug-likeness (QED) is 0.689. The van der Waals surface area contributed by atoms with Gasteiger partial charge in [0.15, 0.2) is 0 Å². The van der Waals surface area contributed by atoms with Crippen LogP contribution in [-0.4, -0.2) is 35.3 Å². The van der Waals surface area contributed by atoms with Gasteiger partial charge in [0.1, 0.15) is 0 Å². The van der Waals surface area contributed by atoms with Crippen LogP contribution in [0, 0.1) is 5.92 Å². The predicted molar refractivity (Wildman–Crippen MR) is 77.7 cm³/mol. The lowest BCUT2D eigenvalue weighted by atomic mass is 9.91. The standard InChI is InChI=1S/C14H29NOS/c1-12-6-4-7-13(10-12)17-9-5-8-14(2,11-16)15-3/h12-13,15-16H,4-11H2,1-3H3. The van der Waals surface area contributed by atoms with Gasteiger partial charge in [-0.3, -0.25) is 0 Å². The second kappa shape index (κ2) is 7.65. The zero-order valence-corrected chi connectivity index (χ0v) is 12.5. The van der Waals surface area contributed by atoms with E-state index in [9.17, 15) is 5.11 Å². The highest BCUT2D eigenvalue weighted by Crippen LogP contribution is 2.32. The van der Waals surface area contributed by atoms with E-state index >= 15 is 0 Å². The van der Waals surface area contributed by atoms with Crippen LogP contribution in [0.25, 0.3) is 0 Å². The molecule has 3 atom stereocenters. The van der Waals surface area contributed by atoms with E-state index in [2.05, 4.69) is 30.9 Å². The molecule has 3 heteroatoms. The molecule has 0 amide bonds. The fourth-order valence-electron chi connectivity index (χ4n) is 2.53. The number of aliphatic hydroxyl groups is 1. The van der Waals surface area contributed by atoms with Gasteiger partial charge in [-0.15, -0.1) is 0 Å². The van der Waals surface area contributed by atoms with Crippen LogP contribution in [0.15, 0.2) is 0 Å². The van der Waals surface area contributed by atoms with Gasteiger partial charge in [-0.25, -0.2) is 0 Å². The molecule has 3 unspecified atom stereocenters. The summed E-state index contributed by atoms with van der Waals surface area (Å²) in [5.41, 5.74) is -0.0829. The van der Waals surface area contributed by atoms with Crippen molar-refractivity contribution < 1.29 is 5.11 Å². The van der Waals surface area contributed by atoms with Crippen LogP contribution in [0.5, 0.6) is 0 Å². The summed E-state index contributed by atoms with van der Waals surface area (Å²) < 4.78 is 0. The summed E-state index contributed by atoms with van der Waals surface area (Å²) in [7, 11) is 1.94. The first kappa shape index (κ1) is 15.3. The molecule has 0 saturated heterocycles. The Bertz CT molecular complexity index is 206. The van der Waals surface area contributed by atoms with Gasteiger partial charge in [-0.2, -0.15) is 11.8 Å². The van der Waals surface area contributed by atoms with Gasteiger partial charge in [0, 0.05) is 10.8 Å². The number of thioether (sulfide) groups is 1. The number of hydrogen-bond acceptors (Lipinski definition) is 3. The Labute approximate surface area is 111 Å². The first-order valence-electron chi connectivity index (χ1n) is 7.01. The van der Waals surface area contributed by atoms with Gasteiger partial charge in [0.25, 0.3) is 0 Å². The maximum Gasteiger partial charge on any atom is 0.0610 e. The molecule has 1 saturated carbocycles. The highest BCUT2D eigenvalue weighted by Gasteiger charge is 2.21. The normalized spacial score (nSPS) is 28.9. The Morgan fingerprint density at radius 3 is 2.76 bits per heavy atom. The second-order valence-electron chi connectivity index (χ2n) is 5.84. The van der Waals surface area contributed by atoms with Crippen molar-refractivity contribution in [2.75, 3.05) is 19.4 Å². The van der Waals surface area contributed by atoms with Gasteiger partial charge < -0.3 is 10.4 Å². The minimum Gasteiger partial charge on any atom is -0.394 e. The van der Waals surface area contributed by atoms with E-state index in [-0.39, 0.29) is 12.1 Å². The van der Waals surface area contributed by atoms with Crippen LogP contribution in [0.2, 0.25) is 0 Å². The number of hydrogen-bond donors (Lipinski definition) is 2. The first-order chi connectivity index (χ1) is 8.09. The Morgan fingerprint density at radius 1 is 1.41 bits per heavy atom. The van der Waals surface area contributed by atoms with Gasteiger partial charge in [-0.05, 0) is 51.3 Å². The topological polar surface area (TPSA) is 32.3 Å². The van der Waals surface area contributed by atoms with Gasteiger partial charge in [-0.1, -0.05) is 19.8 Å². The minimum atomic E-state index is -0.0829. The number of likely N-dealkylation sites (N-methyl/N-ethyl adjacent to an activating group) is 1. The number of aliphatic hydroxyl groups excluding tert-OH is 1. The summed E-state index contributed by atoms with van der Waals surface area (Å²) in [6.07, 6.45) is 7.94. The van der Waals surface area contributed by atoms with Crippen LogP contribution in [0.1, 0.15) is 52.4 Å². The lowest BCUT2D eigenvalue weighted by molar-refractivity contribution is 0.173. The third-order valence-corrected chi connectivity index (χ3v) is 5.49. The van der Waals surface area contributed by atoms with E-state index < -0.39 is 0 Å². The van der Waals surface area contributed by atoms with E-state index in [0.29, 0.717) is 0 Å². The van der Waals surface area contributed by atoms with E-state index in [0.717, 1.165) is 17.6 Å². The molecule has 1 rings (SSSR count). The summed E-state index contributed by atoms with van der Waals surface area (Å²) in [5.74, 6) is 2.18. The molecule has 17 heavy (non-hydrogen) atoms. The maximum absolute atomic E-state index is 9.30. The summed E-state index contributed by atoms with van der Waals surface area (Å²) >= 11 is 2.15. The Hall–Kier alpha value is 0.270. The smallest absolute Gasteiger partial charge is 0.0610 e. The minimum absolute atomic E-state index is 0.0829. The molecule has 0 radical (unpaired) electrons. The average molecular weight is 259 g/mol. The summed E-state index contributed by atoms with van der Waals surface area (Å²) in [6.45, 7) is 4.71. The third-order valence-electron chi connectivity index (χ3n) is 4.07. The average Bonchev–Trinajstić information content (AvgIpc) is 2.34. The van der Waals surface area contributed by atoms with Crippen molar-refractivity contribution in [3.63, 3.8) is 0 Å². The lowest BCUT2D eigenvalue weighted by Crippen LogP contribution is -2.43. The summed E-state index contributed by atoms with van der Waals surface area (Å²) in [5, 5.41) is 13.4. The molecule has 0 aromatic carbocycles. The van der Waals surface area contributed by atoms with Crippen molar-refractivity contribution in [2.24, 2.45) is 5.92 Å². The molecule has 0 aromatic rings. The predicted octanol–water partition coefficient (Wildman–Crippen LogP) is 3.05. The van der Waals surface area contributed by atoms with Crippen LogP contribution < -0.4 is 5.32 Å². The highest BCUT2D eigenvalue weighted by atomic mass is 32.2. The van der Waals surface area contributed by atoms with Crippen LogP contribution >= 0.6 is 11.8 Å². The fraction of sp³-hybridized carbons (Fsp3) is 1.00. The highest BCUT2D eigenvalue weighted by molar-refractivity contribution is 7.99. The van der Waals surface area contributed by atoms with Crippen molar-refractivity contribution in [2.45, 2.75) is 63.2 Å². The maximum atomic E-state index is 9.30. The molecule has 1 fully saturated rings. The molecule has 1 aliphatic rings. The van der Waals surface area contributed by atoms with Gasteiger partial charge in [0.05, 0.1) is 6.61 Å². The first-order valence-corrected chi connectivity index (χ1v) is 8.06. The SMILES string of the molecule is CNC(C)(CO)CCCSC1CCCC(C)C1. The molecule has 2 nitrogen and oxygen atoms in total. The van der Waals surface area contributed by atoms with E-state index in [1.807, 2.05) is 7.05 Å².